The lowest BCUT2D eigenvalue weighted by Crippen LogP contribution is -2.51. The van der Waals surface area contributed by atoms with Crippen molar-refractivity contribution in [3.05, 3.63) is 9.47 Å². The topological polar surface area (TPSA) is 18.5 Å². The van der Waals surface area contributed by atoms with E-state index in [1.165, 1.54) is 0 Å². The Morgan fingerprint density at radius 2 is 1.29 bits per heavy atom. The molecule has 0 aliphatic rings. The van der Waals surface area contributed by atoms with Gasteiger partial charge < -0.3 is 8.85 Å². The van der Waals surface area contributed by atoms with Gasteiger partial charge in [-0.15, -0.1) is 6.42 Å². The van der Waals surface area contributed by atoms with E-state index < -0.39 is 22.7 Å². The molecule has 0 rings (SSSR count). The Hall–Kier alpha value is 0.614. The maximum Gasteiger partial charge on any atom is 0.193 e. The van der Waals surface area contributed by atoms with Crippen molar-refractivity contribution >= 4 is 48.5 Å². The summed E-state index contributed by atoms with van der Waals surface area (Å²) in [6.07, 6.45) is 7.14. The Morgan fingerprint density at radius 3 is 1.58 bits per heavy atom. The molecule has 0 heterocycles. The monoisotopic (exact) mass is 496 g/mol. The molecule has 0 aliphatic carbocycles. The molecule has 0 saturated heterocycles. The normalized spacial score (nSPS) is 16.3. The van der Waals surface area contributed by atoms with E-state index in [4.69, 9.17) is 15.3 Å². The molecule has 140 valence electrons. The van der Waals surface area contributed by atoms with Crippen LogP contribution in [0.15, 0.2) is 9.47 Å². The molecule has 0 amide bonds. The summed E-state index contributed by atoms with van der Waals surface area (Å²) in [4.78, 5) is 0. The lowest BCUT2D eigenvalue weighted by Gasteiger charge is -2.43. The zero-order valence-electron chi connectivity index (χ0n) is 16.9. The van der Waals surface area contributed by atoms with Gasteiger partial charge in [-0.2, -0.15) is 0 Å². The van der Waals surface area contributed by atoms with Crippen LogP contribution < -0.4 is 0 Å². The second kappa shape index (κ2) is 8.54. The number of rotatable bonds is 6. The molecular formula is C18H34Br2O2Si2. The molecule has 0 N–H and O–H groups in total. The first-order valence-corrected chi connectivity index (χ1v) is 15.7. The van der Waals surface area contributed by atoms with E-state index >= 15 is 0 Å². The quantitative estimate of drug-likeness (QED) is 0.289. The van der Waals surface area contributed by atoms with E-state index in [1.807, 2.05) is 6.08 Å². The molecule has 0 fully saturated rings. The maximum absolute atomic E-state index is 6.58. The van der Waals surface area contributed by atoms with Gasteiger partial charge in [0.1, 0.15) is 12.2 Å². The van der Waals surface area contributed by atoms with Gasteiger partial charge in [-0.3, -0.25) is 0 Å². The second-order valence-corrected chi connectivity index (χ2v) is 21.5. The number of hydrogen-bond acceptors (Lipinski definition) is 2. The molecule has 0 saturated carbocycles. The summed E-state index contributed by atoms with van der Waals surface area (Å²) in [7, 11) is -3.97. The van der Waals surface area contributed by atoms with E-state index in [-0.39, 0.29) is 16.2 Å². The predicted molar refractivity (Wildman–Crippen MR) is 119 cm³/mol. The van der Waals surface area contributed by atoms with E-state index in [2.05, 4.69) is 106 Å². The molecule has 2 nitrogen and oxygen atoms in total. The van der Waals surface area contributed by atoms with Crippen LogP contribution in [0.5, 0.6) is 0 Å². The molecule has 0 aromatic rings. The van der Waals surface area contributed by atoms with Crippen LogP contribution in [0.2, 0.25) is 36.3 Å². The van der Waals surface area contributed by atoms with Gasteiger partial charge in [-0.25, -0.2) is 0 Å². The summed E-state index contributed by atoms with van der Waals surface area (Å²) in [6.45, 7) is 22.2. The van der Waals surface area contributed by atoms with Crippen molar-refractivity contribution < 1.29 is 8.85 Å². The van der Waals surface area contributed by atoms with Gasteiger partial charge in [0.25, 0.3) is 0 Å². The fourth-order valence-corrected chi connectivity index (χ4v) is 4.45. The molecule has 6 heteroatoms. The molecule has 24 heavy (non-hydrogen) atoms. The lowest BCUT2D eigenvalue weighted by molar-refractivity contribution is 0.0998. The fourth-order valence-electron chi connectivity index (χ4n) is 1.51. The third-order valence-corrected chi connectivity index (χ3v) is 14.7. The van der Waals surface area contributed by atoms with Crippen LogP contribution in [0.3, 0.4) is 0 Å². The highest BCUT2D eigenvalue weighted by Crippen LogP contribution is 2.40. The van der Waals surface area contributed by atoms with Crippen LogP contribution in [-0.4, -0.2) is 28.8 Å². The lowest BCUT2D eigenvalue weighted by atomic mass is 10.2. The van der Waals surface area contributed by atoms with Gasteiger partial charge in [-0.1, -0.05) is 47.5 Å². The summed E-state index contributed by atoms with van der Waals surface area (Å²) in [5.74, 6) is 2.83. The number of hydrogen-bond donors (Lipinski definition) is 0. The highest BCUT2D eigenvalue weighted by atomic mass is 79.9. The summed E-state index contributed by atoms with van der Waals surface area (Å²) in [6, 6.07) is 0. The van der Waals surface area contributed by atoms with Gasteiger partial charge >= 0.3 is 0 Å². The average Bonchev–Trinajstić information content (AvgIpc) is 2.31. The van der Waals surface area contributed by atoms with Gasteiger partial charge in [0.2, 0.25) is 0 Å². The van der Waals surface area contributed by atoms with Gasteiger partial charge in [-0.05, 0) is 74.2 Å². The summed E-state index contributed by atoms with van der Waals surface area (Å²) >= 11 is 6.90. The Labute approximate surface area is 168 Å². The van der Waals surface area contributed by atoms with E-state index in [0.717, 1.165) is 3.39 Å². The standard InChI is InChI=1S/C18H34Br2O2Si2/c1-12-14(21-23(8,9)17(2,3)4)15(13-16(19)20)22-24(10,11)18(5,6)7/h1,13-15H,2-11H3/t14-,15-/m1/s1. The molecule has 0 aromatic carbocycles. The Morgan fingerprint density at radius 1 is 0.917 bits per heavy atom. The Balaban J connectivity index is 5.67. The summed E-state index contributed by atoms with van der Waals surface area (Å²) in [5, 5.41) is 0.201. The van der Waals surface area contributed by atoms with Crippen LogP contribution >= 0.6 is 31.9 Å². The summed E-state index contributed by atoms with van der Waals surface area (Å²) in [5.41, 5.74) is 0. The van der Waals surface area contributed by atoms with Gasteiger partial charge in [0.15, 0.2) is 16.6 Å². The zero-order valence-corrected chi connectivity index (χ0v) is 22.1. The van der Waals surface area contributed by atoms with Crippen LogP contribution in [0.25, 0.3) is 0 Å². The van der Waals surface area contributed by atoms with Crippen LogP contribution in [0.1, 0.15) is 41.5 Å². The van der Waals surface area contributed by atoms with Crippen LogP contribution in [-0.2, 0) is 8.85 Å². The number of terminal acetylenes is 1. The van der Waals surface area contributed by atoms with Crippen LogP contribution in [0, 0.1) is 12.3 Å². The average molecular weight is 498 g/mol. The first-order valence-electron chi connectivity index (χ1n) is 8.29. The minimum atomic E-state index is -1.99. The third kappa shape index (κ3) is 7.09. The molecule has 0 spiro atoms. The first kappa shape index (κ1) is 24.6. The highest BCUT2D eigenvalue weighted by Gasteiger charge is 2.43. The van der Waals surface area contributed by atoms with Crippen molar-refractivity contribution in [2.24, 2.45) is 0 Å². The molecular weight excluding hydrogens is 464 g/mol. The summed E-state index contributed by atoms with van der Waals surface area (Å²) < 4.78 is 13.9. The zero-order chi connectivity index (χ0) is 19.6. The number of halogens is 2. The molecule has 2 atom stereocenters. The molecule has 0 radical (unpaired) electrons. The predicted octanol–water partition coefficient (Wildman–Crippen LogP) is 7.03. The van der Waals surface area contributed by atoms with Crippen molar-refractivity contribution in [1.29, 1.82) is 0 Å². The fraction of sp³-hybridized carbons (Fsp3) is 0.778. The maximum atomic E-state index is 6.58. The van der Waals surface area contributed by atoms with Crippen molar-refractivity contribution in [1.82, 2.24) is 0 Å². The smallest absolute Gasteiger partial charge is 0.193 e. The molecule has 0 aromatic heterocycles. The van der Waals surface area contributed by atoms with E-state index in [0.29, 0.717) is 0 Å². The third-order valence-electron chi connectivity index (χ3n) is 5.22. The highest BCUT2D eigenvalue weighted by molar-refractivity contribution is 9.28. The van der Waals surface area contributed by atoms with E-state index in [1.54, 1.807) is 0 Å². The van der Waals surface area contributed by atoms with Gasteiger partial charge in [0.05, 0.1) is 3.39 Å². The minimum absolute atomic E-state index is 0.0962. The minimum Gasteiger partial charge on any atom is -0.407 e. The Bertz CT molecular complexity index is 491. The first-order chi connectivity index (χ1) is 10.4. The van der Waals surface area contributed by atoms with Crippen LogP contribution in [0.4, 0.5) is 0 Å². The van der Waals surface area contributed by atoms with Crippen molar-refractivity contribution in [2.75, 3.05) is 0 Å². The van der Waals surface area contributed by atoms with E-state index in [9.17, 15) is 0 Å². The SMILES string of the molecule is C#C[C@@H](O[Si](C)(C)C(C)(C)C)[C@@H](C=C(Br)Br)O[Si](C)(C)C(C)(C)C. The second-order valence-electron chi connectivity index (χ2n) is 9.26. The molecule has 0 aliphatic heterocycles. The van der Waals surface area contributed by atoms with Crippen molar-refractivity contribution in [2.45, 2.75) is 90.0 Å². The van der Waals surface area contributed by atoms with Gasteiger partial charge in [0, 0.05) is 0 Å². The molecule has 0 bridgehead atoms. The Kier molecular flexibility index (Phi) is 8.75. The van der Waals surface area contributed by atoms with Crippen molar-refractivity contribution in [3.63, 3.8) is 0 Å². The molecule has 0 unspecified atom stereocenters. The van der Waals surface area contributed by atoms with Crippen molar-refractivity contribution in [3.8, 4) is 12.3 Å². The largest absolute Gasteiger partial charge is 0.407 e.